The van der Waals surface area contributed by atoms with Gasteiger partial charge in [0.2, 0.25) is 4.58 Å². The van der Waals surface area contributed by atoms with Crippen LogP contribution in [0.15, 0.2) is 104 Å². The number of fused-ring (bicyclic) bond motifs is 2. The minimum atomic E-state index is -0.520. The molecule has 0 fully saturated rings. The van der Waals surface area contributed by atoms with Crippen molar-refractivity contribution in [2.75, 3.05) is 20.0 Å². The van der Waals surface area contributed by atoms with Crippen LogP contribution in [-0.4, -0.2) is 31.9 Å². The normalized spacial score (nSPS) is 15.4. The summed E-state index contributed by atoms with van der Waals surface area (Å²) in [7, 11) is 0. The molecule has 4 heterocycles. The lowest BCUT2D eigenvalue weighted by atomic mass is 9.99. The summed E-state index contributed by atoms with van der Waals surface area (Å²) in [6.45, 7) is 7.83. The Morgan fingerprint density at radius 1 is 0.733 bits per heavy atom. The maximum Gasteiger partial charge on any atom is 0.332 e. The van der Waals surface area contributed by atoms with Crippen LogP contribution in [0.4, 0.5) is 0 Å². The van der Waals surface area contributed by atoms with Gasteiger partial charge in [0.1, 0.15) is 6.61 Å². The van der Waals surface area contributed by atoms with Gasteiger partial charge < -0.3 is 18.9 Å². The molecule has 12 heteroatoms. The number of ether oxygens (including phenoxy) is 4. The summed E-state index contributed by atoms with van der Waals surface area (Å²) in [5, 5.41) is 4.36. The van der Waals surface area contributed by atoms with Gasteiger partial charge in [0.05, 0.1) is 34.2 Å². The number of esters is 2. The standard InChI is InChI=1S/C33H28O6S6/c1-3-26(34)38-14-13-36-15-20-17-40-30(32-42-22-9-5-6-10-23(22)43-32)28(20)29-21(16-37-19-39-27(35)4-2)18-41-31(29)33-44-24-11-7-8-12-25(24)45-33/h3-12,17-18,32-33H,1-2,13-16,19H2/p+1. The molecule has 2 aromatic carbocycles. The molecule has 6 rings (SSSR count). The molecule has 2 aromatic heterocycles. The molecule has 2 aliphatic heterocycles. The van der Waals surface area contributed by atoms with Crippen molar-refractivity contribution < 1.29 is 28.5 Å². The lowest BCUT2D eigenvalue weighted by Gasteiger charge is -2.16. The number of rotatable bonds is 14. The number of hydrogen-bond acceptors (Lipinski definition) is 11. The monoisotopic (exact) mass is 713 g/mol. The van der Waals surface area contributed by atoms with Crippen molar-refractivity contribution in [3.63, 3.8) is 0 Å². The molecule has 0 saturated carbocycles. The Morgan fingerprint density at radius 3 is 2.02 bits per heavy atom. The number of hydrogen-bond donors (Lipinski definition) is 0. The summed E-state index contributed by atoms with van der Waals surface area (Å²) in [6, 6.07) is 17.1. The number of thiol groups is 1. The Hall–Kier alpha value is -2.42. The van der Waals surface area contributed by atoms with Gasteiger partial charge in [-0.2, -0.15) is 0 Å². The lowest BCUT2D eigenvalue weighted by Crippen LogP contribution is -2.08. The van der Waals surface area contributed by atoms with Gasteiger partial charge in [-0.25, -0.2) is 9.59 Å². The zero-order valence-corrected chi connectivity index (χ0v) is 28.9. The Bertz CT molecular complexity index is 1660. The highest BCUT2D eigenvalue weighted by Crippen LogP contribution is 2.61. The van der Waals surface area contributed by atoms with E-state index in [0.29, 0.717) is 6.61 Å². The van der Waals surface area contributed by atoms with Gasteiger partial charge >= 0.3 is 11.9 Å². The molecule has 0 amide bonds. The Labute approximate surface area is 287 Å². The first-order valence-corrected chi connectivity index (χ1v) is 19.3. The molecule has 6 nitrogen and oxygen atoms in total. The minimum absolute atomic E-state index is 0.156. The summed E-state index contributed by atoms with van der Waals surface area (Å²) in [6.07, 6.45) is 2.28. The van der Waals surface area contributed by atoms with E-state index in [-0.39, 0.29) is 35.8 Å². The van der Waals surface area contributed by atoms with Gasteiger partial charge in [-0.15, -0.1) is 46.2 Å². The second-order valence-electron chi connectivity index (χ2n) is 9.64. The maximum atomic E-state index is 11.6. The van der Waals surface area contributed by atoms with Crippen molar-refractivity contribution in [1.82, 2.24) is 0 Å². The van der Waals surface area contributed by atoms with Gasteiger partial charge in [-0.1, -0.05) is 49.2 Å². The summed E-state index contributed by atoms with van der Waals surface area (Å²) >= 11 is 10.4. The van der Waals surface area contributed by atoms with Crippen molar-refractivity contribution in [2.24, 2.45) is 0 Å². The smallest absolute Gasteiger partial charge is 0.332 e. The van der Waals surface area contributed by atoms with E-state index in [1.165, 1.54) is 46.7 Å². The number of thioether (sulfide) groups is 3. The molecule has 2 aliphatic rings. The van der Waals surface area contributed by atoms with Crippen LogP contribution in [0.25, 0.3) is 11.1 Å². The van der Waals surface area contributed by atoms with E-state index < -0.39 is 11.9 Å². The van der Waals surface area contributed by atoms with Crippen LogP contribution >= 0.6 is 58.0 Å². The maximum absolute atomic E-state index is 11.6. The highest BCUT2D eigenvalue weighted by atomic mass is 32.2. The molecule has 1 unspecified atom stereocenters. The predicted molar refractivity (Wildman–Crippen MR) is 187 cm³/mol. The molecule has 0 bridgehead atoms. The first-order chi connectivity index (χ1) is 22.1. The molecule has 0 radical (unpaired) electrons. The largest absolute Gasteiger partial charge is 0.460 e. The lowest BCUT2D eigenvalue weighted by molar-refractivity contribution is -0.151. The fraction of sp³-hybridized carbons (Fsp3) is 0.212. The van der Waals surface area contributed by atoms with E-state index in [9.17, 15) is 9.59 Å². The summed E-state index contributed by atoms with van der Waals surface area (Å²) < 4.78 is 22.6. The molecule has 0 aliphatic carbocycles. The van der Waals surface area contributed by atoms with Crippen molar-refractivity contribution in [2.45, 2.75) is 42.0 Å². The van der Waals surface area contributed by atoms with Gasteiger partial charge in [-0.3, -0.25) is 0 Å². The zero-order chi connectivity index (χ0) is 31.2. The van der Waals surface area contributed by atoms with Gasteiger partial charge in [0.25, 0.3) is 0 Å². The van der Waals surface area contributed by atoms with Crippen molar-refractivity contribution in [3.05, 3.63) is 105 Å². The third kappa shape index (κ3) is 7.60. The van der Waals surface area contributed by atoms with Crippen LogP contribution in [0, 0.1) is 0 Å². The molecule has 232 valence electrons. The van der Waals surface area contributed by atoms with Crippen LogP contribution in [-0.2, 0) is 53.5 Å². The number of carbonyl (C=O) groups is 2. The number of carbonyl (C=O) groups excluding carboxylic acids is 2. The predicted octanol–water partition coefficient (Wildman–Crippen LogP) is 8.80. The summed E-state index contributed by atoms with van der Waals surface area (Å²) in [4.78, 5) is 30.9. The summed E-state index contributed by atoms with van der Waals surface area (Å²) in [5.41, 5.74) is 4.46. The average Bonchev–Trinajstić information content (AvgIpc) is 3.86. The SMILES string of the molecule is C=CC(=O)OCCOCc1csc(C2Sc3ccccc3S2)c1-c1c(COCOC(=O)C=C)csc1C1Sc2ccccc2[SH+]1. The van der Waals surface area contributed by atoms with E-state index in [0.717, 1.165) is 28.8 Å². The van der Waals surface area contributed by atoms with E-state index in [4.69, 9.17) is 18.9 Å². The van der Waals surface area contributed by atoms with Crippen LogP contribution in [0.1, 0.15) is 30.0 Å². The van der Waals surface area contributed by atoms with Crippen LogP contribution in [0.2, 0.25) is 0 Å². The van der Waals surface area contributed by atoms with Crippen LogP contribution in [0.3, 0.4) is 0 Å². The highest BCUT2D eigenvalue weighted by Gasteiger charge is 2.38. The molecule has 1 atom stereocenters. The van der Waals surface area contributed by atoms with Crippen LogP contribution in [0.5, 0.6) is 0 Å². The number of thiophene rings is 2. The second kappa shape index (κ2) is 15.4. The van der Waals surface area contributed by atoms with Crippen molar-refractivity contribution in [3.8, 4) is 11.1 Å². The first kappa shape index (κ1) is 32.5. The van der Waals surface area contributed by atoms with Gasteiger partial charge in [-0.05, 0) is 46.2 Å². The topological polar surface area (TPSA) is 71.1 Å². The molecular formula is C33H29O6S6+. The quantitative estimate of drug-likeness (QED) is 0.0319. The van der Waals surface area contributed by atoms with Gasteiger partial charge in [0.15, 0.2) is 11.7 Å². The van der Waals surface area contributed by atoms with E-state index in [1.807, 2.05) is 35.3 Å². The van der Waals surface area contributed by atoms with Gasteiger partial charge in [0, 0.05) is 49.7 Å². The zero-order valence-electron chi connectivity index (χ0n) is 24.0. The highest BCUT2D eigenvalue weighted by molar-refractivity contribution is 8.19. The molecule has 0 N–H and O–H groups in total. The molecule has 0 saturated heterocycles. The Kier molecular flexibility index (Phi) is 11.2. The average molecular weight is 714 g/mol. The first-order valence-electron chi connectivity index (χ1n) is 13.9. The van der Waals surface area contributed by atoms with Crippen molar-refractivity contribution >= 4 is 81.7 Å². The van der Waals surface area contributed by atoms with E-state index >= 15 is 0 Å². The minimum Gasteiger partial charge on any atom is -0.460 e. The number of benzene rings is 2. The fourth-order valence-corrected chi connectivity index (χ4v) is 13.5. The molecular weight excluding hydrogens is 685 g/mol. The molecule has 0 spiro atoms. The van der Waals surface area contributed by atoms with Crippen molar-refractivity contribution in [1.29, 1.82) is 0 Å². The molecule has 4 aromatic rings. The van der Waals surface area contributed by atoms with E-state index in [2.05, 4.69) is 72.4 Å². The third-order valence-electron chi connectivity index (χ3n) is 6.76. The third-order valence-corrected chi connectivity index (χ3v) is 15.4. The fourth-order valence-electron chi connectivity index (χ4n) is 4.76. The molecule has 45 heavy (non-hydrogen) atoms. The second-order valence-corrected chi connectivity index (χ2v) is 16.8. The van der Waals surface area contributed by atoms with E-state index in [1.54, 1.807) is 22.7 Å². The summed E-state index contributed by atoms with van der Waals surface area (Å²) in [5.74, 6) is -0.985. The van der Waals surface area contributed by atoms with Crippen LogP contribution < -0.4 is 0 Å². The Balaban J connectivity index is 1.35. The Morgan fingerprint density at radius 2 is 1.33 bits per heavy atom.